The van der Waals surface area contributed by atoms with Gasteiger partial charge in [-0.1, -0.05) is 51.5 Å². The van der Waals surface area contributed by atoms with Crippen molar-refractivity contribution >= 4 is 0 Å². The van der Waals surface area contributed by atoms with Gasteiger partial charge in [0.05, 0.1) is 0 Å². The second-order valence-corrected chi connectivity index (χ2v) is 3.36. The van der Waals surface area contributed by atoms with E-state index in [-0.39, 0.29) is 0 Å². The first-order valence-electron chi connectivity index (χ1n) is 5.34. The summed E-state index contributed by atoms with van der Waals surface area (Å²) in [5.74, 6) is 0. The van der Waals surface area contributed by atoms with Crippen LogP contribution in [0.5, 0.6) is 0 Å². The number of unbranched alkanes of at least 4 members (excludes halogenated alkanes) is 8. The maximum atomic E-state index is 3.71. The second kappa shape index (κ2) is 10.7. The van der Waals surface area contributed by atoms with Gasteiger partial charge in [-0.2, -0.15) is 0 Å². The molecule has 0 aromatic carbocycles. The van der Waals surface area contributed by atoms with Crippen molar-refractivity contribution in [2.45, 2.75) is 58.3 Å². The lowest BCUT2D eigenvalue weighted by Crippen LogP contribution is -1.80. The van der Waals surface area contributed by atoms with Gasteiger partial charge in [0.25, 0.3) is 0 Å². The van der Waals surface area contributed by atoms with Gasteiger partial charge >= 0.3 is 0 Å². The average Bonchev–Trinajstić information content (AvgIpc) is 2.10. The first-order valence-corrected chi connectivity index (χ1v) is 5.34. The third-order valence-electron chi connectivity index (χ3n) is 2.08. The molecule has 0 bridgehead atoms. The van der Waals surface area contributed by atoms with Crippen LogP contribution in [0.2, 0.25) is 0 Å². The summed E-state index contributed by atoms with van der Waals surface area (Å²) in [6, 6.07) is 0. The van der Waals surface area contributed by atoms with Gasteiger partial charge in [-0.25, -0.2) is 0 Å². The highest BCUT2D eigenvalue weighted by Crippen LogP contribution is 2.08. The van der Waals surface area contributed by atoms with E-state index in [0.717, 1.165) is 0 Å². The minimum atomic E-state index is 1.18. The first-order chi connectivity index (χ1) is 5.91. The molecule has 0 saturated heterocycles. The number of hydrogen-bond donors (Lipinski definition) is 0. The Morgan fingerprint density at radius 1 is 0.917 bits per heavy atom. The van der Waals surface area contributed by atoms with Gasteiger partial charge in [0.15, 0.2) is 0 Å². The molecule has 0 heterocycles. The molecule has 0 nitrogen and oxygen atoms in total. The maximum absolute atomic E-state index is 3.71. The van der Waals surface area contributed by atoms with Crippen LogP contribution in [-0.4, -0.2) is 0 Å². The number of allylic oxidation sites excluding steroid dienone is 1. The van der Waals surface area contributed by atoms with E-state index in [1.165, 1.54) is 51.4 Å². The Kier molecular flexibility index (Phi) is 10.5. The summed E-state index contributed by atoms with van der Waals surface area (Å²) in [5, 5.41) is 0. The molecule has 0 atom stereocenters. The molecule has 1 radical (unpaired) electrons. The lowest BCUT2D eigenvalue weighted by atomic mass is 10.1. The van der Waals surface area contributed by atoms with E-state index < -0.39 is 0 Å². The van der Waals surface area contributed by atoms with E-state index in [1.807, 2.05) is 6.08 Å². The Morgan fingerprint density at radius 3 is 2.08 bits per heavy atom. The van der Waals surface area contributed by atoms with Crippen LogP contribution >= 0.6 is 0 Å². The van der Waals surface area contributed by atoms with E-state index in [9.17, 15) is 0 Å². The molecule has 0 spiro atoms. The van der Waals surface area contributed by atoms with Crippen LogP contribution in [0.4, 0.5) is 0 Å². The lowest BCUT2D eigenvalue weighted by Gasteiger charge is -1.98. The first kappa shape index (κ1) is 11.7. The highest BCUT2D eigenvalue weighted by Gasteiger charge is 1.89. The molecule has 0 aromatic heterocycles. The van der Waals surface area contributed by atoms with E-state index in [2.05, 4.69) is 19.9 Å². The summed E-state index contributed by atoms with van der Waals surface area (Å²) in [7, 11) is 0. The molecule has 71 valence electrons. The Labute approximate surface area is 78.1 Å². The third-order valence-corrected chi connectivity index (χ3v) is 2.08. The summed E-state index contributed by atoms with van der Waals surface area (Å²) in [6.07, 6.45) is 15.0. The third kappa shape index (κ3) is 9.74. The van der Waals surface area contributed by atoms with Crippen LogP contribution < -0.4 is 0 Å². The standard InChI is InChI=1S/C12H23/c1-3-5-7-9-11-12-10-8-6-4-2/h3,12H,1,4-11H2,2H3. The molecule has 0 N–H and O–H groups in total. The smallest absolute Gasteiger partial charge is 0.0353 e. The topological polar surface area (TPSA) is 0 Å². The Hall–Kier alpha value is -0.260. The van der Waals surface area contributed by atoms with E-state index in [0.29, 0.717) is 0 Å². The monoisotopic (exact) mass is 167 g/mol. The minimum absolute atomic E-state index is 1.18. The molecule has 0 aliphatic rings. The molecule has 0 saturated carbocycles. The molecule has 0 amide bonds. The SMILES string of the molecule is C=CCCCC[CH]CCCCC. The fourth-order valence-electron chi connectivity index (χ4n) is 1.26. The van der Waals surface area contributed by atoms with Crippen molar-refractivity contribution in [2.75, 3.05) is 0 Å². The number of hydrogen-bond acceptors (Lipinski definition) is 0. The Bertz CT molecular complexity index is 84.0. The quantitative estimate of drug-likeness (QED) is 0.350. The van der Waals surface area contributed by atoms with Gasteiger partial charge in [-0.15, -0.1) is 6.58 Å². The predicted molar refractivity (Wildman–Crippen MR) is 57.1 cm³/mol. The van der Waals surface area contributed by atoms with Gasteiger partial charge in [-0.05, 0) is 19.3 Å². The molecular weight excluding hydrogens is 144 g/mol. The van der Waals surface area contributed by atoms with Crippen LogP contribution in [0, 0.1) is 6.42 Å². The van der Waals surface area contributed by atoms with Gasteiger partial charge in [-0.3, -0.25) is 0 Å². The predicted octanol–water partition coefficient (Wildman–Crippen LogP) is 4.52. The summed E-state index contributed by atoms with van der Waals surface area (Å²) in [4.78, 5) is 0. The number of rotatable bonds is 9. The zero-order valence-corrected chi connectivity index (χ0v) is 8.52. The Balaban J connectivity index is 2.77. The molecular formula is C12H23. The van der Waals surface area contributed by atoms with Gasteiger partial charge in [0.2, 0.25) is 0 Å². The minimum Gasteiger partial charge on any atom is -0.103 e. The van der Waals surface area contributed by atoms with Crippen molar-refractivity contribution in [1.29, 1.82) is 0 Å². The second-order valence-electron chi connectivity index (χ2n) is 3.36. The van der Waals surface area contributed by atoms with Crippen LogP contribution in [-0.2, 0) is 0 Å². The van der Waals surface area contributed by atoms with Crippen LogP contribution in [0.15, 0.2) is 12.7 Å². The molecule has 12 heavy (non-hydrogen) atoms. The fourth-order valence-corrected chi connectivity index (χ4v) is 1.26. The van der Waals surface area contributed by atoms with Crippen LogP contribution in [0.25, 0.3) is 0 Å². The Morgan fingerprint density at radius 2 is 1.50 bits per heavy atom. The fraction of sp³-hybridized carbons (Fsp3) is 0.750. The highest BCUT2D eigenvalue weighted by molar-refractivity contribution is 4.68. The zero-order chi connectivity index (χ0) is 9.07. The zero-order valence-electron chi connectivity index (χ0n) is 8.52. The molecule has 0 aliphatic carbocycles. The average molecular weight is 167 g/mol. The largest absolute Gasteiger partial charge is 0.103 e. The van der Waals surface area contributed by atoms with Gasteiger partial charge in [0, 0.05) is 0 Å². The van der Waals surface area contributed by atoms with Crippen molar-refractivity contribution in [2.24, 2.45) is 0 Å². The van der Waals surface area contributed by atoms with E-state index in [4.69, 9.17) is 0 Å². The highest BCUT2D eigenvalue weighted by atomic mass is 14.0. The van der Waals surface area contributed by atoms with Crippen molar-refractivity contribution in [3.05, 3.63) is 19.1 Å². The maximum Gasteiger partial charge on any atom is -0.0353 e. The summed E-state index contributed by atoms with van der Waals surface area (Å²) in [5.41, 5.74) is 0. The van der Waals surface area contributed by atoms with Crippen molar-refractivity contribution < 1.29 is 0 Å². The molecule has 0 aliphatic heterocycles. The normalized spacial score (nSPS) is 10.1. The summed E-state index contributed by atoms with van der Waals surface area (Å²) < 4.78 is 0. The van der Waals surface area contributed by atoms with Crippen LogP contribution in [0.1, 0.15) is 58.3 Å². The van der Waals surface area contributed by atoms with E-state index in [1.54, 1.807) is 0 Å². The molecule has 0 aromatic rings. The molecule has 0 fully saturated rings. The molecule has 0 heteroatoms. The van der Waals surface area contributed by atoms with Crippen molar-refractivity contribution in [3.63, 3.8) is 0 Å². The van der Waals surface area contributed by atoms with Gasteiger partial charge < -0.3 is 0 Å². The van der Waals surface area contributed by atoms with Gasteiger partial charge in [0.1, 0.15) is 0 Å². The lowest BCUT2D eigenvalue weighted by molar-refractivity contribution is 0.663. The van der Waals surface area contributed by atoms with Crippen molar-refractivity contribution in [1.82, 2.24) is 0 Å². The molecule has 0 unspecified atom stereocenters. The van der Waals surface area contributed by atoms with E-state index >= 15 is 0 Å². The summed E-state index contributed by atoms with van der Waals surface area (Å²) in [6.45, 7) is 5.96. The van der Waals surface area contributed by atoms with Crippen LogP contribution in [0.3, 0.4) is 0 Å². The van der Waals surface area contributed by atoms with Crippen molar-refractivity contribution in [3.8, 4) is 0 Å². The summed E-state index contributed by atoms with van der Waals surface area (Å²) >= 11 is 0. The molecule has 0 rings (SSSR count).